The van der Waals surface area contributed by atoms with Crippen molar-refractivity contribution < 1.29 is 110 Å². The number of hydrogen-bond acceptors (Lipinski definition) is 27. The molecule has 100 heavy (non-hydrogen) atoms. The number of carbonyl (C=O) groups is 9. The Hall–Kier alpha value is -8.00. The van der Waals surface area contributed by atoms with E-state index in [1.807, 2.05) is 27.7 Å². The monoisotopic (exact) mass is 1510 g/mol. The molecule has 7 rings (SSSR count). The molecule has 0 radical (unpaired) electrons. The zero-order valence-electron chi connectivity index (χ0n) is 55.7. The Morgan fingerprint density at radius 2 is 0.620 bits per heavy atom. The van der Waals surface area contributed by atoms with Gasteiger partial charge in [-0.25, -0.2) is 52.6 Å². The Morgan fingerprint density at radius 1 is 0.380 bits per heavy atom. The summed E-state index contributed by atoms with van der Waals surface area (Å²) in [7, 11) is -8.97. The van der Waals surface area contributed by atoms with Gasteiger partial charge in [0, 0.05) is 108 Å². The van der Waals surface area contributed by atoms with E-state index in [9.17, 15) is 76.8 Å². The van der Waals surface area contributed by atoms with Crippen molar-refractivity contribution in [3.05, 3.63) is 119 Å². The van der Waals surface area contributed by atoms with Crippen LogP contribution in [0.1, 0.15) is 67.7 Å². The number of rotatable bonds is 31. The zero-order valence-corrected chi connectivity index (χ0v) is 59.7. The third-order valence-corrected chi connectivity index (χ3v) is 18.2. The summed E-state index contributed by atoms with van der Waals surface area (Å²) in [4.78, 5) is 114. The molecule has 0 unspecified atom stereocenters. The number of hydroxylamine groups is 6. The van der Waals surface area contributed by atoms with Crippen molar-refractivity contribution in [1.29, 1.82) is 0 Å². The molecule has 556 valence electrons. The number of aryl methyl sites for hydroxylation is 4. The summed E-state index contributed by atoms with van der Waals surface area (Å²) in [6, 6.07) is 26.1. The van der Waals surface area contributed by atoms with Crippen molar-refractivity contribution in [2.24, 2.45) is 17.2 Å². The maximum absolute atomic E-state index is 12.0. The minimum absolute atomic E-state index is 0.0215. The molecule has 35 nitrogen and oxygen atoms in total. The molecule has 0 aromatic heterocycles. The maximum atomic E-state index is 12.0. The van der Waals surface area contributed by atoms with Gasteiger partial charge in [0.15, 0.2) is 0 Å². The molecule has 8 amide bonds. The van der Waals surface area contributed by atoms with Gasteiger partial charge >= 0.3 is 12.2 Å². The molecule has 11 N–H and O–H groups in total. The first kappa shape index (κ1) is 88.1. The van der Waals surface area contributed by atoms with E-state index in [1.165, 1.54) is 31.2 Å². The summed E-state index contributed by atoms with van der Waals surface area (Å²) >= 11 is 0. The Kier molecular flexibility index (Phi) is 40.9. The number of carbonyl (C=O) groups excluding carboxylic acids is 9. The molecule has 0 bridgehead atoms. The Labute approximate surface area is 585 Å². The molecule has 0 aliphatic carbocycles. The number of hydrogen-bond donors (Lipinski definition) is 8. The van der Waals surface area contributed by atoms with Gasteiger partial charge in [-0.2, -0.15) is 4.79 Å². The molecule has 4 aromatic carbocycles. The topological polar surface area (TPSA) is 503 Å². The molecule has 3 saturated heterocycles. The molecule has 0 spiro atoms. The minimum atomic E-state index is -3.60. The van der Waals surface area contributed by atoms with E-state index in [0.29, 0.717) is 64.3 Å². The normalized spacial score (nSPS) is 13.6. The van der Waals surface area contributed by atoms with Gasteiger partial charge in [-0.3, -0.25) is 43.2 Å². The lowest BCUT2D eigenvalue weighted by atomic mass is 10.2. The Morgan fingerprint density at radius 3 is 0.890 bits per heavy atom. The van der Waals surface area contributed by atoms with Crippen molar-refractivity contribution in [2.75, 3.05) is 105 Å². The third-order valence-electron chi connectivity index (χ3n) is 12.4. The van der Waals surface area contributed by atoms with Gasteiger partial charge < -0.3 is 51.6 Å². The molecule has 40 heteroatoms. The predicted molar refractivity (Wildman–Crippen MR) is 358 cm³/mol. The summed E-state index contributed by atoms with van der Waals surface area (Å²) < 4.78 is 121. The van der Waals surface area contributed by atoms with Crippen LogP contribution in [0.4, 0.5) is 9.59 Å². The fraction of sp³-hybridized carbons (Fsp3) is 0.450. The van der Waals surface area contributed by atoms with Crippen LogP contribution >= 0.6 is 10.7 Å². The standard InChI is InChI=1S/C16H21N3O7S.C13H20N2O4S.C11H18N2O3S.C9H8N2O7.C7H7ClO2S.C4H12N2O/c1-12-2-4-13(5-3-12)27(23,24)18-9-11-25-10-8-17-16(22)26-19-14(20)6-7-15(19)21;1-11-3-5-13(6-4-11)20(17,18)15-8-10-19-9-7-14-12(2)16;1-10-2-4-11(5-3-10)17(14,15)13-7-9-16-8-6-12;12-5-1-2-6(13)10(5)17-9(16)18-11-7(14)3-4-8(11)15;1-6-2-4-7(5-3-6)11(8,9)10;5-1-3-7-4-2-6/h2-5,18H,6-11H2,1H3,(H,17,22);3-6,15H,7-10H2,1-2H3,(H,14,16);2-5,13H,6-9,12H2,1H3;1-4H2;2-5H,1H3;1-6H2. The van der Waals surface area contributed by atoms with Crippen molar-refractivity contribution in [3.8, 4) is 0 Å². The first-order valence-electron chi connectivity index (χ1n) is 30.5. The van der Waals surface area contributed by atoms with Crippen molar-refractivity contribution in [1.82, 2.24) is 40.0 Å². The van der Waals surface area contributed by atoms with Gasteiger partial charge in [-0.05, 0) is 76.2 Å². The largest absolute Gasteiger partial charge is 0.560 e. The fourth-order valence-corrected chi connectivity index (χ4v) is 11.1. The summed E-state index contributed by atoms with van der Waals surface area (Å²) in [5.41, 5.74) is 19.4. The summed E-state index contributed by atoms with van der Waals surface area (Å²) in [5, 5.41) is 5.85. The molecular weight excluding hydrogens is 1420 g/mol. The number of nitrogens with one attached hydrogen (secondary N) is 5. The molecule has 4 aromatic rings. The average Bonchev–Trinajstić information content (AvgIpc) is 1.17. The highest BCUT2D eigenvalue weighted by atomic mass is 35.7. The van der Waals surface area contributed by atoms with Crippen LogP contribution < -0.4 is 42.0 Å². The van der Waals surface area contributed by atoms with Crippen LogP contribution in [0, 0.1) is 27.7 Å². The smallest absolute Gasteiger partial charge is 0.379 e. The first-order valence-corrected chi connectivity index (χ1v) is 37.2. The van der Waals surface area contributed by atoms with Crippen LogP contribution in [-0.2, 0) is 106 Å². The number of benzene rings is 4. The number of nitrogens with zero attached hydrogens (tertiary/aromatic N) is 3. The average molecular weight is 1510 g/mol. The Bertz CT molecular complexity index is 3660. The first-order chi connectivity index (χ1) is 47.2. The van der Waals surface area contributed by atoms with Crippen LogP contribution in [0.25, 0.3) is 0 Å². The van der Waals surface area contributed by atoms with E-state index in [-0.39, 0.29) is 120 Å². The summed E-state index contributed by atoms with van der Waals surface area (Å²) in [6.07, 6.45) is -2.63. The van der Waals surface area contributed by atoms with E-state index in [0.717, 1.165) is 22.3 Å². The predicted octanol–water partition coefficient (Wildman–Crippen LogP) is 0.865. The second kappa shape index (κ2) is 46.4. The molecule has 3 heterocycles. The quantitative estimate of drug-likeness (QED) is 0.0197. The van der Waals surface area contributed by atoms with Gasteiger partial charge in [0.05, 0.1) is 72.4 Å². The van der Waals surface area contributed by atoms with Crippen LogP contribution in [0.15, 0.2) is 117 Å². The zero-order chi connectivity index (χ0) is 74.9. The van der Waals surface area contributed by atoms with E-state index >= 15 is 0 Å². The van der Waals surface area contributed by atoms with Crippen molar-refractivity contribution in [3.63, 3.8) is 0 Å². The van der Waals surface area contributed by atoms with E-state index in [4.69, 9.17) is 46.8 Å². The lowest BCUT2D eigenvalue weighted by molar-refractivity contribution is -0.198. The van der Waals surface area contributed by atoms with Gasteiger partial charge in [-0.1, -0.05) is 80.9 Å². The molecule has 3 aliphatic rings. The fourth-order valence-electron chi connectivity index (χ4n) is 7.28. The second-order valence-electron chi connectivity index (χ2n) is 20.7. The number of nitrogens with two attached hydrogens (primary N) is 3. The van der Waals surface area contributed by atoms with Gasteiger partial charge in [-0.15, -0.1) is 5.06 Å². The second-order valence-corrected chi connectivity index (χ2v) is 28.5. The lowest BCUT2D eigenvalue weighted by Gasteiger charge is -2.15. The minimum Gasteiger partial charge on any atom is -0.379 e. The number of amides is 8. The van der Waals surface area contributed by atoms with Crippen LogP contribution in [0.2, 0.25) is 0 Å². The third kappa shape index (κ3) is 35.9. The van der Waals surface area contributed by atoms with E-state index in [2.05, 4.69) is 39.3 Å². The molecule has 3 aliphatic heterocycles. The van der Waals surface area contributed by atoms with Crippen LogP contribution in [0.3, 0.4) is 0 Å². The summed E-state index contributed by atoms with van der Waals surface area (Å²) in [5.74, 6) is -3.98. The summed E-state index contributed by atoms with van der Waals surface area (Å²) in [6.45, 7) is 14.4. The van der Waals surface area contributed by atoms with Gasteiger partial charge in [0.1, 0.15) is 0 Å². The number of ether oxygens (including phenoxy) is 4. The molecular formula is C60H86ClN11O24S4. The van der Waals surface area contributed by atoms with E-state index in [1.54, 1.807) is 72.8 Å². The number of sulfonamides is 3. The maximum Gasteiger partial charge on any atom is 0.560 e. The highest BCUT2D eigenvalue weighted by molar-refractivity contribution is 8.13. The molecule has 3 fully saturated rings. The Balaban J connectivity index is 0.000000424. The molecule has 0 saturated carbocycles. The van der Waals surface area contributed by atoms with Gasteiger partial charge in [0.2, 0.25) is 36.0 Å². The lowest BCUT2D eigenvalue weighted by Crippen LogP contribution is -2.38. The SMILES string of the molecule is CC(=O)NCCOCCNS(=O)(=O)c1ccc(C)cc1.Cc1ccc(S(=O)(=O)Cl)cc1.Cc1ccc(S(=O)(=O)NCCOCCN)cc1.Cc1ccc(S(=O)(=O)NCCOCCNC(=O)ON2C(=O)CCC2=O)cc1.NCCOCCN.O=C(ON1C(=O)CCC1=O)ON1C(=O)CCC1=O. The molecule has 0 atom stereocenters. The van der Waals surface area contributed by atoms with Gasteiger partial charge in [0.25, 0.3) is 44.5 Å². The van der Waals surface area contributed by atoms with Crippen molar-refractivity contribution >= 4 is 103 Å². The number of imide groups is 3. The van der Waals surface area contributed by atoms with Crippen molar-refractivity contribution in [2.45, 2.75) is 92.7 Å². The highest BCUT2D eigenvalue weighted by Crippen LogP contribution is 2.18. The number of halogens is 1. The highest BCUT2D eigenvalue weighted by Gasteiger charge is 2.38. The van der Waals surface area contributed by atoms with Crippen LogP contribution in [0.5, 0.6) is 0 Å². The van der Waals surface area contributed by atoms with E-state index < -0.39 is 86.8 Å². The van der Waals surface area contributed by atoms with Crippen LogP contribution in [-0.4, -0.2) is 208 Å².